The molecule has 2 atom stereocenters. The normalized spacial score (nSPS) is 13.9. The van der Waals surface area contributed by atoms with Crippen LogP contribution in [-0.4, -0.2) is 24.1 Å². The lowest BCUT2D eigenvalue weighted by Crippen LogP contribution is -2.49. The Hall–Kier alpha value is -2.62. The summed E-state index contributed by atoms with van der Waals surface area (Å²) >= 11 is 0. The Balaban J connectivity index is 2.41. The standard InChI is InChI=1S/C36H54O4/c1-11-15-31(40-33(38)27-18-22-29(23-19-27)35(8,9)10)36(24-12-2,25-13-3)30(14-4)39-32(37)26-16-20-28(21-17-26)34(5,6)7/h16-23,30-31H,11-15,24-25H2,1-10H3. The number of rotatable bonds is 13. The van der Waals surface area contributed by atoms with Crippen LogP contribution in [0.15, 0.2) is 48.5 Å². The zero-order chi connectivity index (χ0) is 30.1. The lowest BCUT2D eigenvalue weighted by molar-refractivity contribution is -0.102. The van der Waals surface area contributed by atoms with Crippen molar-refractivity contribution in [2.45, 2.75) is 137 Å². The van der Waals surface area contributed by atoms with Crippen molar-refractivity contribution in [2.75, 3.05) is 0 Å². The second-order valence-corrected chi connectivity index (χ2v) is 13.4. The quantitative estimate of drug-likeness (QED) is 0.233. The van der Waals surface area contributed by atoms with Crippen LogP contribution < -0.4 is 0 Å². The molecule has 0 amide bonds. The van der Waals surface area contributed by atoms with E-state index < -0.39 is 5.41 Å². The Morgan fingerprint density at radius 3 is 1.27 bits per heavy atom. The number of ether oxygens (including phenoxy) is 2. The second-order valence-electron chi connectivity index (χ2n) is 13.4. The van der Waals surface area contributed by atoms with Gasteiger partial charge < -0.3 is 9.47 Å². The Morgan fingerprint density at radius 2 is 0.975 bits per heavy atom. The summed E-state index contributed by atoms with van der Waals surface area (Å²) in [5.74, 6) is -0.627. The first-order valence-corrected chi connectivity index (χ1v) is 15.4. The fourth-order valence-electron chi connectivity index (χ4n) is 5.85. The molecule has 2 unspecified atom stereocenters. The topological polar surface area (TPSA) is 52.6 Å². The maximum absolute atomic E-state index is 13.5. The predicted molar refractivity (Wildman–Crippen MR) is 166 cm³/mol. The van der Waals surface area contributed by atoms with Crippen molar-refractivity contribution in [3.05, 3.63) is 70.8 Å². The van der Waals surface area contributed by atoms with Crippen LogP contribution in [0.5, 0.6) is 0 Å². The second kappa shape index (κ2) is 14.3. The molecule has 4 heteroatoms. The van der Waals surface area contributed by atoms with E-state index >= 15 is 0 Å². The van der Waals surface area contributed by atoms with Gasteiger partial charge in [-0.3, -0.25) is 0 Å². The van der Waals surface area contributed by atoms with Gasteiger partial charge in [0.05, 0.1) is 11.1 Å². The molecule has 0 N–H and O–H groups in total. The SMILES string of the molecule is CCCC(OC(=O)c1ccc(C(C)(C)C)cc1)C(CCC)(CCC)C(CC)OC(=O)c1ccc(C(C)(C)C)cc1. The third kappa shape index (κ3) is 8.44. The first kappa shape index (κ1) is 33.6. The van der Waals surface area contributed by atoms with Gasteiger partial charge in [-0.2, -0.15) is 0 Å². The predicted octanol–water partition coefficient (Wildman–Crippen LogP) is 9.83. The average molecular weight is 551 g/mol. The molecular weight excluding hydrogens is 496 g/mol. The highest BCUT2D eigenvalue weighted by molar-refractivity contribution is 5.90. The van der Waals surface area contributed by atoms with Crippen molar-refractivity contribution >= 4 is 11.9 Å². The molecule has 0 saturated heterocycles. The highest BCUT2D eigenvalue weighted by atomic mass is 16.6. The number of hydrogen-bond acceptors (Lipinski definition) is 4. The van der Waals surface area contributed by atoms with Gasteiger partial charge in [0.1, 0.15) is 12.2 Å². The lowest BCUT2D eigenvalue weighted by Gasteiger charge is -2.45. The average Bonchev–Trinajstić information content (AvgIpc) is 2.90. The monoisotopic (exact) mass is 550 g/mol. The summed E-state index contributed by atoms with van der Waals surface area (Å²) in [6, 6.07) is 15.5. The van der Waals surface area contributed by atoms with E-state index in [-0.39, 0.29) is 35.0 Å². The molecule has 2 aromatic carbocycles. The molecule has 222 valence electrons. The smallest absolute Gasteiger partial charge is 0.338 e. The highest BCUT2D eigenvalue weighted by Crippen LogP contribution is 2.44. The minimum Gasteiger partial charge on any atom is -0.458 e. The molecule has 0 aliphatic heterocycles. The van der Waals surface area contributed by atoms with Gasteiger partial charge >= 0.3 is 11.9 Å². The molecule has 40 heavy (non-hydrogen) atoms. The maximum atomic E-state index is 13.5. The number of hydrogen-bond donors (Lipinski definition) is 0. The summed E-state index contributed by atoms with van der Waals surface area (Å²) in [4.78, 5) is 26.9. The molecule has 0 aromatic heterocycles. The first-order chi connectivity index (χ1) is 18.7. The van der Waals surface area contributed by atoms with Crippen LogP contribution in [0.3, 0.4) is 0 Å². The van der Waals surface area contributed by atoms with Gasteiger partial charge in [-0.1, -0.05) is 113 Å². The Morgan fingerprint density at radius 1 is 0.600 bits per heavy atom. The van der Waals surface area contributed by atoms with Crippen molar-refractivity contribution in [1.82, 2.24) is 0 Å². The van der Waals surface area contributed by atoms with E-state index in [0.29, 0.717) is 17.5 Å². The van der Waals surface area contributed by atoms with Crippen LogP contribution in [0.25, 0.3) is 0 Å². The number of benzene rings is 2. The molecule has 0 spiro atoms. The van der Waals surface area contributed by atoms with Gasteiger partial charge in [0.25, 0.3) is 0 Å². The van der Waals surface area contributed by atoms with Crippen molar-refractivity contribution < 1.29 is 19.1 Å². The summed E-state index contributed by atoms with van der Waals surface area (Å²) in [7, 11) is 0. The Labute approximate surface area is 244 Å². The molecule has 4 nitrogen and oxygen atoms in total. The van der Waals surface area contributed by atoms with Gasteiger partial charge in [0.2, 0.25) is 0 Å². The van der Waals surface area contributed by atoms with E-state index in [9.17, 15) is 9.59 Å². The fourth-order valence-corrected chi connectivity index (χ4v) is 5.85. The summed E-state index contributed by atoms with van der Waals surface area (Å²) in [6.45, 7) is 21.4. The largest absolute Gasteiger partial charge is 0.458 e. The number of carbonyl (C=O) groups is 2. The minimum absolute atomic E-state index is 0.00980. The molecule has 0 saturated carbocycles. The van der Waals surface area contributed by atoms with Crippen molar-refractivity contribution in [3.63, 3.8) is 0 Å². The summed E-state index contributed by atoms with van der Waals surface area (Å²) < 4.78 is 12.7. The zero-order valence-electron chi connectivity index (χ0n) is 26.9. The zero-order valence-corrected chi connectivity index (χ0v) is 26.9. The summed E-state index contributed by atoms with van der Waals surface area (Å²) in [5.41, 5.74) is 3.01. The van der Waals surface area contributed by atoms with E-state index in [0.717, 1.165) is 38.5 Å². The van der Waals surface area contributed by atoms with Crippen LogP contribution in [0.2, 0.25) is 0 Å². The van der Waals surface area contributed by atoms with E-state index in [2.05, 4.69) is 69.2 Å². The molecule has 0 bridgehead atoms. The lowest BCUT2D eigenvalue weighted by atomic mass is 9.68. The van der Waals surface area contributed by atoms with E-state index in [4.69, 9.17) is 9.47 Å². The van der Waals surface area contributed by atoms with Crippen LogP contribution >= 0.6 is 0 Å². The third-order valence-electron chi connectivity index (χ3n) is 8.11. The Kier molecular flexibility index (Phi) is 12.0. The molecule has 0 fully saturated rings. The maximum Gasteiger partial charge on any atom is 0.338 e. The van der Waals surface area contributed by atoms with Crippen LogP contribution in [0, 0.1) is 5.41 Å². The molecule has 2 aromatic rings. The van der Waals surface area contributed by atoms with Gasteiger partial charge in [-0.25, -0.2) is 9.59 Å². The number of esters is 2. The minimum atomic E-state index is -0.462. The molecule has 0 heterocycles. The van der Waals surface area contributed by atoms with Crippen LogP contribution in [0.1, 0.15) is 146 Å². The molecule has 0 aliphatic rings. The van der Waals surface area contributed by atoms with Gasteiger partial charge in [-0.15, -0.1) is 0 Å². The van der Waals surface area contributed by atoms with Gasteiger partial charge in [0.15, 0.2) is 0 Å². The van der Waals surface area contributed by atoms with Crippen LogP contribution in [0.4, 0.5) is 0 Å². The molecular formula is C36H54O4. The van der Waals surface area contributed by atoms with E-state index in [1.807, 2.05) is 48.5 Å². The van der Waals surface area contributed by atoms with E-state index in [1.165, 1.54) is 11.1 Å². The molecule has 2 rings (SSSR count). The molecule has 0 aliphatic carbocycles. The van der Waals surface area contributed by atoms with Gasteiger partial charge in [0, 0.05) is 5.41 Å². The van der Waals surface area contributed by atoms with Crippen molar-refractivity contribution in [2.24, 2.45) is 5.41 Å². The number of carbonyl (C=O) groups excluding carboxylic acids is 2. The highest BCUT2D eigenvalue weighted by Gasteiger charge is 2.47. The fraction of sp³-hybridized carbons (Fsp3) is 0.611. The molecule has 0 radical (unpaired) electrons. The van der Waals surface area contributed by atoms with Crippen LogP contribution in [-0.2, 0) is 20.3 Å². The van der Waals surface area contributed by atoms with Crippen molar-refractivity contribution in [1.29, 1.82) is 0 Å². The van der Waals surface area contributed by atoms with E-state index in [1.54, 1.807) is 0 Å². The van der Waals surface area contributed by atoms with Gasteiger partial charge in [-0.05, 0) is 71.9 Å². The van der Waals surface area contributed by atoms with Crippen molar-refractivity contribution in [3.8, 4) is 0 Å². The Bertz CT molecular complexity index is 1060. The summed E-state index contributed by atoms with van der Waals surface area (Å²) in [5, 5.41) is 0. The third-order valence-corrected chi connectivity index (χ3v) is 8.11. The summed E-state index contributed by atoms with van der Waals surface area (Å²) in [6.07, 6.45) is 4.98. The first-order valence-electron chi connectivity index (χ1n) is 15.4.